The third-order valence-corrected chi connectivity index (χ3v) is 2.24. The highest BCUT2D eigenvalue weighted by Gasteiger charge is 2.20. The summed E-state index contributed by atoms with van der Waals surface area (Å²) in [5, 5.41) is 0. The van der Waals surface area contributed by atoms with E-state index in [4.69, 9.17) is 4.74 Å². The molecular formula is C11H20O. The molecule has 1 saturated carbocycles. The molecule has 1 rings (SSSR count). The van der Waals surface area contributed by atoms with Gasteiger partial charge < -0.3 is 4.74 Å². The minimum Gasteiger partial charge on any atom is -0.376 e. The molecular weight excluding hydrogens is 148 g/mol. The summed E-state index contributed by atoms with van der Waals surface area (Å²) in [6.45, 7) is 11.2. The summed E-state index contributed by atoms with van der Waals surface area (Å²) in [6.07, 6.45) is 3.66. The number of rotatable bonds is 2. The zero-order chi connectivity index (χ0) is 9.19. The number of ether oxygens (including phenoxy) is 1. The molecule has 0 aromatic carbocycles. The average Bonchev–Trinajstić information content (AvgIpc) is 2.30. The Morgan fingerprint density at radius 2 is 2.17 bits per heavy atom. The Kier molecular flexibility index (Phi) is 2.94. The Balaban J connectivity index is 2.20. The number of hydrogen-bond acceptors (Lipinski definition) is 1. The Morgan fingerprint density at radius 3 is 2.58 bits per heavy atom. The Bertz CT molecular complexity index is 164. The van der Waals surface area contributed by atoms with E-state index in [-0.39, 0.29) is 5.60 Å². The Labute approximate surface area is 75.8 Å². The van der Waals surface area contributed by atoms with Crippen LogP contribution in [0.1, 0.15) is 40.0 Å². The quantitative estimate of drug-likeness (QED) is 0.575. The van der Waals surface area contributed by atoms with Crippen molar-refractivity contribution < 1.29 is 4.74 Å². The maximum Gasteiger partial charge on any atom is 0.0598 e. The van der Waals surface area contributed by atoms with Crippen LogP contribution in [0.25, 0.3) is 0 Å². The van der Waals surface area contributed by atoms with Gasteiger partial charge in [0.15, 0.2) is 0 Å². The average molecular weight is 168 g/mol. The molecule has 0 aromatic rings. The van der Waals surface area contributed by atoms with Gasteiger partial charge in [0.1, 0.15) is 0 Å². The van der Waals surface area contributed by atoms with Crippen LogP contribution in [0.5, 0.6) is 0 Å². The fourth-order valence-electron chi connectivity index (χ4n) is 1.53. The fraction of sp³-hybridized carbons (Fsp3) is 0.818. The molecule has 0 amide bonds. The van der Waals surface area contributed by atoms with Crippen molar-refractivity contribution in [3.8, 4) is 0 Å². The first-order valence-corrected chi connectivity index (χ1v) is 4.78. The van der Waals surface area contributed by atoms with Crippen molar-refractivity contribution >= 4 is 0 Å². The van der Waals surface area contributed by atoms with Gasteiger partial charge in [0.2, 0.25) is 0 Å². The van der Waals surface area contributed by atoms with Gasteiger partial charge in [0.05, 0.1) is 12.2 Å². The molecule has 1 atom stereocenters. The highest BCUT2D eigenvalue weighted by atomic mass is 16.5. The minimum atomic E-state index is 0.0178. The summed E-state index contributed by atoms with van der Waals surface area (Å²) >= 11 is 0. The van der Waals surface area contributed by atoms with Crippen molar-refractivity contribution in [3.63, 3.8) is 0 Å². The van der Waals surface area contributed by atoms with Gasteiger partial charge in [0, 0.05) is 0 Å². The van der Waals surface area contributed by atoms with E-state index in [1.807, 2.05) is 0 Å². The van der Waals surface area contributed by atoms with Crippen molar-refractivity contribution in [2.24, 2.45) is 5.92 Å². The van der Waals surface area contributed by atoms with E-state index in [1.54, 1.807) is 0 Å². The van der Waals surface area contributed by atoms with Gasteiger partial charge in [-0.25, -0.2) is 0 Å². The molecule has 0 aromatic heterocycles. The molecule has 0 spiro atoms. The first-order valence-electron chi connectivity index (χ1n) is 4.78. The Hall–Kier alpha value is -0.300. The van der Waals surface area contributed by atoms with Crippen LogP contribution in [0.4, 0.5) is 0 Å². The summed E-state index contributed by atoms with van der Waals surface area (Å²) in [4.78, 5) is 0. The van der Waals surface area contributed by atoms with Crippen LogP contribution < -0.4 is 0 Å². The molecule has 0 aliphatic heterocycles. The largest absolute Gasteiger partial charge is 0.376 e. The van der Waals surface area contributed by atoms with Crippen molar-refractivity contribution in [3.05, 3.63) is 12.2 Å². The summed E-state index contributed by atoms with van der Waals surface area (Å²) in [5.74, 6) is 0.733. The lowest BCUT2D eigenvalue weighted by Crippen LogP contribution is -2.22. The van der Waals surface area contributed by atoms with Crippen LogP contribution >= 0.6 is 0 Å². The van der Waals surface area contributed by atoms with E-state index in [1.165, 1.54) is 24.8 Å². The molecule has 0 saturated heterocycles. The zero-order valence-corrected chi connectivity index (χ0v) is 8.52. The smallest absolute Gasteiger partial charge is 0.0598 e. The predicted octanol–water partition coefficient (Wildman–Crippen LogP) is 3.16. The van der Waals surface area contributed by atoms with Crippen molar-refractivity contribution in [2.45, 2.75) is 45.6 Å². The van der Waals surface area contributed by atoms with Gasteiger partial charge in [-0.05, 0) is 46.0 Å². The minimum absolute atomic E-state index is 0.0178. The summed E-state index contributed by atoms with van der Waals surface area (Å²) in [7, 11) is 0. The van der Waals surface area contributed by atoms with Crippen LogP contribution in [0, 0.1) is 5.92 Å². The van der Waals surface area contributed by atoms with Gasteiger partial charge in [-0.3, -0.25) is 0 Å². The summed E-state index contributed by atoms with van der Waals surface area (Å²) in [6, 6.07) is 0. The summed E-state index contributed by atoms with van der Waals surface area (Å²) in [5.41, 5.74) is 1.42. The topological polar surface area (TPSA) is 9.23 Å². The third kappa shape index (κ3) is 3.40. The van der Waals surface area contributed by atoms with Gasteiger partial charge in [-0.1, -0.05) is 12.2 Å². The lowest BCUT2D eigenvalue weighted by molar-refractivity contribution is -0.0206. The summed E-state index contributed by atoms with van der Waals surface area (Å²) < 4.78 is 5.72. The highest BCUT2D eigenvalue weighted by molar-refractivity contribution is 5.01. The van der Waals surface area contributed by atoms with Gasteiger partial charge in [-0.2, -0.15) is 0 Å². The molecule has 0 unspecified atom stereocenters. The molecule has 1 fully saturated rings. The maximum absolute atomic E-state index is 5.72. The van der Waals surface area contributed by atoms with Crippen LogP contribution in [0.3, 0.4) is 0 Å². The standard InChI is InChI=1S/C11H20O/c1-9-5-6-10(7-9)8-12-11(2,3)4/h10H,1,5-8H2,2-4H3/t10-/m1/s1. The van der Waals surface area contributed by atoms with Gasteiger partial charge >= 0.3 is 0 Å². The van der Waals surface area contributed by atoms with E-state index in [2.05, 4.69) is 27.4 Å². The number of hydrogen-bond donors (Lipinski definition) is 0. The molecule has 1 aliphatic rings. The van der Waals surface area contributed by atoms with Crippen LogP contribution in [-0.2, 0) is 4.74 Å². The normalized spacial score (nSPS) is 24.9. The van der Waals surface area contributed by atoms with Crippen molar-refractivity contribution in [2.75, 3.05) is 6.61 Å². The SMILES string of the molecule is C=C1CC[C@@H](COC(C)(C)C)C1. The zero-order valence-electron chi connectivity index (χ0n) is 8.52. The van der Waals surface area contributed by atoms with Gasteiger partial charge in [0.25, 0.3) is 0 Å². The van der Waals surface area contributed by atoms with Crippen molar-refractivity contribution in [1.29, 1.82) is 0 Å². The van der Waals surface area contributed by atoms with E-state index in [0.717, 1.165) is 12.5 Å². The second-order valence-corrected chi connectivity index (χ2v) is 4.78. The third-order valence-electron chi connectivity index (χ3n) is 2.24. The van der Waals surface area contributed by atoms with Crippen molar-refractivity contribution in [1.82, 2.24) is 0 Å². The molecule has 0 radical (unpaired) electrons. The molecule has 0 bridgehead atoms. The van der Waals surface area contributed by atoms with Gasteiger partial charge in [-0.15, -0.1) is 0 Å². The lowest BCUT2D eigenvalue weighted by atomic mass is 10.1. The van der Waals surface area contributed by atoms with Crippen LogP contribution in [-0.4, -0.2) is 12.2 Å². The molecule has 1 heteroatoms. The van der Waals surface area contributed by atoms with E-state index >= 15 is 0 Å². The highest BCUT2D eigenvalue weighted by Crippen LogP contribution is 2.29. The van der Waals surface area contributed by atoms with Crippen LogP contribution in [0.2, 0.25) is 0 Å². The second-order valence-electron chi connectivity index (χ2n) is 4.78. The van der Waals surface area contributed by atoms with Crippen LogP contribution in [0.15, 0.2) is 12.2 Å². The molecule has 70 valence electrons. The fourth-order valence-corrected chi connectivity index (χ4v) is 1.53. The van der Waals surface area contributed by atoms with E-state index in [0.29, 0.717) is 0 Å². The van der Waals surface area contributed by atoms with E-state index < -0.39 is 0 Å². The molecule has 1 nitrogen and oxygen atoms in total. The monoisotopic (exact) mass is 168 g/mol. The first kappa shape index (κ1) is 9.79. The Morgan fingerprint density at radius 1 is 1.50 bits per heavy atom. The maximum atomic E-state index is 5.72. The first-order chi connectivity index (χ1) is 5.47. The molecule has 0 N–H and O–H groups in total. The molecule has 12 heavy (non-hydrogen) atoms. The predicted molar refractivity (Wildman–Crippen MR) is 52.2 cm³/mol. The van der Waals surface area contributed by atoms with E-state index in [9.17, 15) is 0 Å². The molecule has 0 heterocycles. The lowest BCUT2D eigenvalue weighted by Gasteiger charge is -2.21. The number of allylic oxidation sites excluding steroid dienone is 1. The molecule has 1 aliphatic carbocycles. The second kappa shape index (κ2) is 3.61.